The maximum Gasteiger partial charge on any atom is 0.243 e. The minimum absolute atomic E-state index is 0.101. The molecule has 164 valence electrons. The smallest absolute Gasteiger partial charge is 0.243 e. The molecule has 1 N–H and O–H groups in total. The van der Waals surface area contributed by atoms with Gasteiger partial charge >= 0.3 is 0 Å². The quantitative estimate of drug-likeness (QED) is 0.388. The number of aromatic nitrogens is 2. The fourth-order valence-corrected chi connectivity index (χ4v) is 3.88. The van der Waals surface area contributed by atoms with Crippen LogP contribution < -0.4 is 10.8 Å². The number of nitrogens with one attached hydrogen (secondary N) is 1. The maximum atomic E-state index is 6.37. The van der Waals surface area contributed by atoms with Crippen LogP contribution in [-0.2, 0) is 5.41 Å². The summed E-state index contributed by atoms with van der Waals surface area (Å²) in [7, 11) is 0. The molecule has 5 heteroatoms. The second-order valence-electron chi connectivity index (χ2n) is 9.48. The summed E-state index contributed by atoms with van der Waals surface area (Å²) in [4.78, 5) is 8.88. The molecule has 0 fully saturated rings. The van der Waals surface area contributed by atoms with Crippen LogP contribution in [0.1, 0.15) is 48.8 Å². The van der Waals surface area contributed by atoms with Crippen molar-refractivity contribution in [3.8, 4) is 11.3 Å². The van der Waals surface area contributed by atoms with Gasteiger partial charge in [-0.1, -0.05) is 51.1 Å². The molecule has 2 aromatic heterocycles. The number of hydrogen-bond donors (Lipinski definition) is 1. The molecule has 0 amide bonds. The molecule has 2 aromatic carbocycles. The summed E-state index contributed by atoms with van der Waals surface area (Å²) >= 11 is 0. The van der Waals surface area contributed by atoms with E-state index < -0.39 is 0 Å². The van der Waals surface area contributed by atoms with E-state index in [0.29, 0.717) is 5.95 Å². The zero-order valence-corrected chi connectivity index (χ0v) is 19.9. The van der Waals surface area contributed by atoms with E-state index in [1.165, 1.54) is 5.56 Å². The second-order valence-corrected chi connectivity index (χ2v) is 9.48. The molecule has 4 aromatic rings. The van der Waals surface area contributed by atoms with Gasteiger partial charge in [-0.2, -0.15) is 5.10 Å². The summed E-state index contributed by atoms with van der Waals surface area (Å²) in [6.07, 6.45) is 0. The lowest BCUT2D eigenvalue weighted by molar-refractivity contribution is 0.589. The number of rotatable bonds is 3. The third-order valence-corrected chi connectivity index (χ3v) is 5.47. The van der Waals surface area contributed by atoms with Gasteiger partial charge in [0, 0.05) is 28.4 Å². The zero-order chi connectivity index (χ0) is 23.0. The summed E-state index contributed by atoms with van der Waals surface area (Å²) in [5, 5.41) is 6.42. The highest BCUT2D eigenvalue weighted by Gasteiger charge is 2.14. The van der Waals surface area contributed by atoms with Crippen molar-refractivity contribution in [2.45, 2.75) is 53.9 Å². The van der Waals surface area contributed by atoms with E-state index in [2.05, 4.69) is 91.5 Å². The molecule has 0 aliphatic heterocycles. The number of hydrogen-bond acceptors (Lipinski definition) is 5. The summed E-state index contributed by atoms with van der Waals surface area (Å²) in [6.45, 7) is 14.7. The Bertz CT molecular complexity index is 1340. The van der Waals surface area contributed by atoms with E-state index >= 15 is 0 Å². The normalized spacial score (nSPS) is 12.4. The molecule has 0 saturated heterocycles. The minimum atomic E-state index is 0.101. The van der Waals surface area contributed by atoms with Gasteiger partial charge in [-0.05, 0) is 61.9 Å². The Balaban J connectivity index is 1.87. The van der Waals surface area contributed by atoms with Crippen molar-refractivity contribution in [1.82, 2.24) is 9.97 Å². The Morgan fingerprint density at radius 3 is 2.12 bits per heavy atom. The molecule has 2 heterocycles. The number of aryl methyl sites for hydroxylation is 4. The van der Waals surface area contributed by atoms with E-state index in [-0.39, 0.29) is 5.41 Å². The van der Waals surface area contributed by atoms with Crippen LogP contribution in [0.15, 0.2) is 58.0 Å². The van der Waals surface area contributed by atoms with Crippen LogP contribution in [-0.4, -0.2) is 9.97 Å². The fourth-order valence-electron chi connectivity index (χ4n) is 3.88. The average molecular weight is 427 g/mol. The zero-order valence-electron chi connectivity index (χ0n) is 19.9. The highest BCUT2D eigenvalue weighted by Crippen LogP contribution is 2.28. The van der Waals surface area contributed by atoms with Gasteiger partial charge in [0.15, 0.2) is 0 Å². The molecular formula is C27H30N4O. The number of benzene rings is 2. The molecule has 5 nitrogen and oxygen atoms in total. The van der Waals surface area contributed by atoms with E-state index in [9.17, 15) is 0 Å². The maximum absolute atomic E-state index is 6.37. The van der Waals surface area contributed by atoms with Crippen molar-refractivity contribution in [2.24, 2.45) is 5.10 Å². The summed E-state index contributed by atoms with van der Waals surface area (Å²) < 4.78 is 6.37. The van der Waals surface area contributed by atoms with Crippen molar-refractivity contribution < 1.29 is 4.42 Å². The Labute approximate surface area is 189 Å². The molecular weight excluding hydrogens is 396 g/mol. The third-order valence-electron chi connectivity index (χ3n) is 5.47. The molecule has 0 aliphatic carbocycles. The molecule has 0 atom stereocenters. The lowest BCUT2D eigenvalue weighted by Crippen LogP contribution is -2.11. The predicted octanol–water partition coefficient (Wildman–Crippen LogP) is 6.35. The second kappa shape index (κ2) is 8.23. The molecule has 4 rings (SSSR count). The largest absolute Gasteiger partial charge is 0.456 e. The number of anilines is 1. The topological polar surface area (TPSA) is 63.3 Å². The van der Waals surface area contributed by atoms with Crippen molar-refractivity contribution in [1.29, 1.82) is 0 Å². The van der Waals surface area contributed by atoms with Crippen LogP contribution in [0.3, 0.4) is 0 Å². The van der Waals surface area contributed by atoms with E-state index in [4.69, 9.17) is 4.42 Å². The van der Waals surface area contributed by atoms with Gasteiger partial charge < -0.3 is 4.42 Å². The first-order valence-corrected chi connectivity index (χ1v) is 10.9. The third kappa shape index (κ3) is 4.57. The van der Waals surface area contributed by atoms with Gasteiger partial charge in [0.25, 0.3) is 0 Å². The summed E-state index contributed by atoms with van der Waals surface area (Å²) in [6, 6.07) is 16.7. The fraction of sp³-hybridized carbons (Fsp3) is 0.296. The Kier molecular flexibility index (Phi) is 5.59. The van der Waals surface area contributed by atoms with Crippen molar-refractivity contribution in [3.63, 3.8) is 0 Å². The van der Waals surface area contributed by atoms with Crippen LogP contribution in [0, 0.1) is 27.7 Å². The average Bonchev–Trinajstić information content (AvgIpc) is 2.71. The molecule has 32 heavy (non-hydrogen) atoms. The Hall–Kier alpha value is -3.47. The first kappa shape index (κ1) is 21.8. The number of fused-ring (bicyclic) bond motifs is 1. The van der Waals surface area contributed by atoms with Crippen molar-refractivity contribution >= 4 is 16.9 Å². The van der Waals surface area contributed by atoms with E-state index in [1.807, 2.05) is 26.0 Å². The van der Waals surface area contributed by atoms with Crippen LogP contribution in [0.5, 0.6) is 0 Å². The highest BCUT2D eigenvalue weighted by molar-refractivity contribution is 5.82. The standard InChI is InChI=1S/C27H30N4O/c1-16-12-17(2)25-22(13-16)23(30-31-26-28-18(3)14-19(4)29-26)15-24(32-25)20-8-10-21(11-9-20)27(5,6)7/h8-15H,1-7H3,(H,28,29,31)/b30-23-. The van der Waals surface area contributed by atoms with Gasteiger partial charge in [-0.15, -0.1) is 0 Å². The van der Waals surface area contributed by atoms with Crippen LogP contribution in [0.25, 0.3) is 22.3 Å². The first-order valence-electron chi connectivity index (χ1n) is 10.9. The van der Waals surface area contributed by atoms with Gasteiger partial charge in [0.2, 0.25) is 5.95 Å². The van der Waals surface area contributed by atoms with E-state index in [1.54, 1.807) is 0 Å². The van der Waals surface area contributed by atoms with Gasteiger partial charge in [-0.25, -0.2) is 15.4 Å². The monoisotopic (exact) mass is 426 g/mol. The lowest BCUT2D eigenvalue weighted by atomic mass is 9.86. The van der Waals surface area contributed by atoms with Gasteiger partial charge in [-0.3, -0.25) is 0 Å². The van der Waals surface area contributed by atoms with E-state index in [0.717, 1.165) is 50.2 Å². The molecule has 0 saturated carbocycles. The SMILES string of the molecule is Cc1cc(C)c2oc(-c3ccc(C(C)(C)C)cc3)c/c(=N/Nc3nc(C)cc(C)n3)c2c1. The molecule has 0 spiro atoms. The molecule has 0 bridgehead atoms. The number of nitrogens with zero attached hydrogens (tertiary/aromatic N) is 3. The van der Waals surface area contributed by atoms with Crippen molar-refractivity contribution in [2.75, 3.05) is 5.43 Å². The van der Waals surface area contributed by atoms with Gasteiger partial charge in [0.05, 0.1) is 5.36 Å². The first-order chi connectivity index (χ1) is 15.1. The molecule has 0 radical (unpaired) electrons. The lowest BCUT2D eigenvalue weighted by Gasteiger charge is -2.19. The minimum Gasteiger partial charge on any atom is -0.456 e. The van der Waals surface area contributed by atoms with Crippen molar-refractivity contribution in [3.05, 3.63) is 82.0 Å². The summed E-state index contributed by atoms with van der Waals surface area (Å²) in [5.41, 5.74) is 10.3. The predicted molar refractivity (Wildman–Crippen MR) is 131 cm³/mol. The summed E-state index contributed by atoms with van der Waals surface area (Å²) in [5.74, 6) is 1.25. The highest BCUT2D eigenvalue weighted by atomic mass is 16.3. The molecule has 0 aliphatic rings. The Morgan fingerprint density at radius 1 is 0.844 bits per heavy atom. The Morgan fingerprint density at radius 2 is 1.50 bits per heavy atom. The van der Waals surface area contributed by atoms with Gasteiger partial charge in [0.1, 0.15) is 11.3 Å². The van der Waals surface area contributed by atoms with Crippen LogP contribution in [0.2, 0.25) is 0 Å². The van der Waals surface area contributed by atoms with Crippen LogP contribution in [0.4, 0.5) is 5.95 Å². The van der Waals surface area contributed by atoms with Crippen LogP contribution >= 0.6 is 0 Å². The molecule has 0 unspecified atom stereocenters.